The Morgan fingerprint density at radius 3 is 2.62 bits per heavy atom. The van der Waals surface area contributed by atoms with E-state index in [1.165, 1.54) is 0 Å². The van der Waals surface area contributed by atoms with E-state index in [2.05, 4.69) is 10.0 Å². The fourth-order valence-electron chi connectivity index (χ4n) is 1.82. The molecule has 0 aromatic carbocycles. The number of rotatable bonds is 4. The maximum Gasteiger partial charge on any atom is 0.253 e. The van der Waals surface area contributed by atoms with Crippen LogP contribution in [-0.2, 0) is 14.8 Å². The van der Waals surface area contributed by atoms with Crippen LogP contribution >= 0.6 is 0 Å². The Labute approximate surface area is 97.0 Å². The molecule has 1 heterocycles. The molecule has 0 saturated carbocycles. The molecule has 0 radical (unpaired) electrons. The van der Waals surface area contributed by atoms with Gasteiger partial charge >= 0.3 is 0 Å². The first kappa shape index (κ1) is 13.4. The van der Waals surface area contributed by atoms with Gasteiger partial charge in [0.05, 0.1) is 11.3 Å². The molecule has 1 amide bonds. The third-order valence-electron chi connectivity index (χ3n) is 2.84. The van der Waals surface area contributed by atoms with E-state index in [4.69, 9.17) is 0 Å². The second-order valence-electron chi connectivity index (χ2n) is 4.47. The molecule has 0 aromatic rings. The Balaban J connectivity index is 2.64. The first-order valence-electron chi connectivity index (χ1n) is 5.69. The Morgan fingerprint density at radius 2 is 2.12 bits per heavy atom. The standard InChI is InChI=1S/C10H20N2O3S/c1-3-8-16(14,15)12-9(13)10(2)6-4-5-7-11-10/h11H,3-8H2,1-2H3,(H,12,13). The molecule has 1 atom stereocenters. The predicted molar refractivity (Wildman–Crippen MR) is 62.5 cm³/mol. The van der Waals surface area contributed by atoms with E-state index >= 15 is 0 Å². The number of amides is 1. The first-order valence-corrected chi connectivity index (χ1v) is 7.35. The summed E-state index contributed by atoms with van der Waals surface area (Å²) < 4.78 is 25.1. The van der Waals surface area contributed by atoms with Gasteiger partial charge in [0.1, 0.15) is 0 Å². The molecule has 5 nitrogen and oxygen atoms in total. The maximum atomic E-state index is 11.9. The lowest BCUT2D eigenvalue weighted by atomic mass is 9.90. The van der Waals surface area contributed by atoms with Gasteiger partial charge in [-0.2, -0.15) is 0 Å². The zero-order valence-electron chi connectivity index (χ0n) is 9.88. The average molecular weight is 248 g/mol. The van der Waals surface area contributed by atoms with Gasteiger partial charge in [-0.25, -0.2) is 8.42 Å². The minimum absolute atomic E-state index is 0.00514. The van der Waals surface area contributed by atoms with Crippen molar-refractivity contribution in [2.45, 2.75) is 45.1 Å². The van der Waals surface area contributed by atoms with Crippen molar-refractivity contribution < 1.29 is 13.2 Å². The SMILES string of the molecule is CCCS(=O)(=O)NC(=O)C1(C)CCCCN1. The molecule has 1 aliphatic heterocycles. The second-order valence-corrected chi connectivity index (χ2v) is 6.31. The Hall–Kier alpha value is -0.620. The zero-order valence-corrected chi connectivity index (χ0v) is 10.7. The lowest BCUT2D eigenvalue weighted by molar-refractivity contribution is -0.126. The van der Waals surface area contributed by atoms with Crippen LogP contribution in [0.25, 0.3) is 0 Å². The van der Waals surface area contributed by atoms with Crippen molar-refractivity contribution in [1.29, 1.82) is 0 Å². The summed E-state index contributed by atoms with van der Waals surface area (Å²) in [5, 5.41) is 3.08. The predicted octanol–water partition coefficient (Wildman–Crippen LogP) is 0.375. The molecule has 0 aromatic heterocycles. The fourth-order valence-corrected chi connectivity index (χ4v) is 2.97. The third-order valence-corrected chi connectivity index (χ3v) is 4.28. The molecule has 1 rings (SSSR count). The van der Waals surface area contributed by atoms with E-state index in [0.29, 0.717) is 12.8 Å². The van der Waals surface area contributed by atoms with Crippen molar-refractivity contribution >= 4 is 15.9 Å². The summed E-state index contributed by atoms with van der Waals surface area (Å²) in [5.74, 6) is -0.435. The van der Waals surface area contributed by atoms with Crippen molar-refractivity contribution in [1.82, 2.24) is 10.0 Å². The topological polar surface area (TPSA) is 75.3 Å². The number of carbonyl (C=O) groups is 1. The number of hydrogen-bond donors (Lipinski definition) is 2. The highest BCUT2D eigenvalue weighted by Gasteiger charge is 2.36. The van der Waals surface area contributed by atoms with Gasteiger partial charge in [0, 0.05) is 0 Å². The molecule has 94 valence electrons. The molecule has 1 fully saturated rings. The summed E-state index contributed by atoms with van der Waals surface area (Å²) in [4.78, 5) is 11.9. The van der Waals surface area contributed by atoms with Crippen molar-refractivity contribution in [3.63, 3.8) is 0 Å². The number of sulfonamides is 1. The lowest BCUT2D eigenvalue weighted by Gasteiger charge is -2.33. The molecule has 2 N–H and O–H groups in total. The minimum atomic E-state index is -3.46. The van der Waals surface area contributed by atoms with E-state index in [1.54, 1.807) is 13.8 Å². The van der Waals surface area contributed by atoms with Crippen LogP contribution in [0.5, 0.6) is 0 Å². The molecule has 16 heavy (non-hydrogen) atoms. The smallest absolute Gasteiger partial charge is 0.253 e. The molecule has 1 unspecified atom stereocenters. The highest BCUT2D eigenvalue weighted by molar-refractivity contribution is 7.90. The Morgan fingerprint density at radius 1 is 1.44 bits per heavy atom. The summed E-state index contributed by atoms with van der Waals surface area (Å²) in [6.07, 6.45) is 3.17. The average Bonchev–Trinajstić information content (AvgIpc) is 2.17. The number of carbonyl (C=O) groups excluding carboxylic acids is 1. The van der Waals surface area contributed by atoms with Crippen LogP contribution in [0.1, 0.15) is 39.5 Å². The van der Waals surface area contributed by atoms with Crippen LogP contribution in [0.15, 0.2) is 0 Å². The van der Waals surface area contributed by atoms with Gasteiger partial charge in [-0.15, -0.1) is 0 Å². The van der Waals surface area contributed by atoms with E-state index in [0.717, 1.165) is 19.4 Å². The summed E-state index contributed by atoms with van der Waals surface area (Å²) in [6.45, 7) is 4.28. The van der Waals surface area contributed by atoms with Crippen LogP contribution in [0, 0.1) is 0 Å². The van der Waals surface area contributed by atoms with Crippen LogP contribution in [0.2, 0.25) is 0 Å². The maximum absolute atomic E-state index is 11.9. The van der Waals surface area contributed by atoms with Crippen LogP contribution in [0.4, 0.5) is 0 Å². The van der Waals surface area contributed by atoms with Crippen LogP contribution < -0.4 is 10.0 Å². The second kappa shape index (κ2) is 5.14. The van der Waals surface area contributed by atoms with E-state index in [9.17, 15) is 13.2 Å². The highest BCUT2D eigenvalue weighted by atomic mass is 32.2. The summed E-state index contributed by atoms with van der Waals surface area (Å²) in [6, 6.07) is 0. The van der Waals surface area contributed by atoms with E-state index in [1.807, 2.05) is 0 Å². The molecule has 1 aliphatic rings. The lowest BCUT2D eigenvalue weighted by Crippen LogP contribution is -2.58. The third kappa shape index (κ3) is 3.45. The summed E-state index contributed by atoms with van der Waals surface area (Å²) in [7, 11) is -3.46. The highest BCUT2D eigenvalue weighted by Crippen LogP contribution is 2.18. The normalized spacial score (nSPS) is 26.4. The molecule has 1 saturated heterocycles. The summed E-state index contributed by atoms with van der Waals surface area (Å²) in [5.41, 5.74) is -0.737. The van der Waals surface area contributed by atoms with Crippen molar-refractivity contribution in [2.75, 3.05) is 12.3 Å². The Kier molecular flexibility index (Phi) is 4.32. The fraction of sp³-hybridized carbons (Fsp3) is 0.900. The molecule has 0 aliphatic carbocycles. The number of hydrogen-bond acceptors (Lipinski definition) is 4. The number of nitrogens with one attached hydrogen (secondary N) is 2. The van der Waals surface area contributed by atoms with Gasteiger partial charge < -0.3 is 5.32 Å². The quantitative estimate of drug-likeness (QED) is 0.754. The van der Waals surface area contributed by atoms with Gasteiger partial charge in [-0.05, 0) is 39.2 Å². The van der Waals surface area contributed by atoms with Gasteiger partial charge in [0.2, 0.25) is 10.0 Å². The molecule has 6 heteroatoms. The van der Waals surface area contributed by atoms with Crippen molar-refractivity contribution in [2.24, 2.45) is 0 Å². The Bertz CT molecular complexity index is 345. The van der Waals surface area contributed by atoms with Crippen molar-refractivity contribution in [3.05, 3.63) is 0 Å². The van der Waals surface area contributed by atoms with E-state index in [-0.39, 0.29) is 5.75 Å². The van der Waals surface area contributed by atoms with Crippen LogP contribution in [0.3, 0.4) is 0 Å². The van der Waals surface area contributed by atoms with Gasteiger partial charge in [0.25, 0.3) is 5.91 Å². The largest absolute Gasteiger partial charge is 0.304 e. The van der Waals surface area contributed by atoms with Gasteiger partial charge in [0.15, 0.2) is 0 Å². The first-order chi connectivity index (χ1) is 7.40. The monoisotopic (exact) mass is 248 g/mol. The van der Waals surface area contributed by atoms with Crippen molar-refractivity contribution in [3.8, 4) is 0 Å². The molecule has 0 spiro atoms. The number of piperidine rings is 1. The van der Waals surface area contributed by atoms with Crippen LogP contribution in [-0.4, -0.2) is 32.2 Å². The zero-order chi connectivity index (χ0) is 12.2. The molecular formula is C10H20N2O3S. The molecular weight excluding hydrogens is 228 g/mol. The van der Waals surface area contributed by atoms with Gasteiger partial charge in [-0.1, -0.05) is 6.92 Å². The van der Waals surface area contributed by atoms with E-state index < -0.39 is 21.5 Å². The minimum Gasteiger partial charge on any atom is -0.304 e. The van der Waals surface area contributed by atoms with Gasteiger partial charge in [-0.3, -0.25) is 9.52 Å². The molecule has 0 bridgehead atoms. The summed E-state index contributed by atoms with van der Waals surface area (Å²) >= 11 is 0.